The number of ether oxygens (including phenoxy) is 1. The molecule has 176 valence electrons. The van der Waals surface area contributed by atoms with Gasteiger partial charge in [0.2, 0.25) is 0 Å². The first-order valence-electron chi connectivity index (χ1n) is 12.2. The molecule has 3 saturated carbocycles. The molecule has 2 unspecified atom stereocenters. The van der Waals surface area contributed by atoms with Crippen LogP contribution in [0.5, 0.6) is 5.75 Å². The van der Waals surface area contributed by atoms with E-state index in [1.54, 1.807) is 24.3 Å². The van der Waals surface area contributed by atoms with Crippen molar-refractivity contribution in [3.8, 4) is 17.0 Å². The monoisotopic (exact) mass is 458 g/mol. The van der Waals surface area contributed by atoms with Gasteiger partial charge in [0, 0.05) is 5.56 Å². The SMILES string of the molecule is O=C(OCc1ccc(O)cc1)C12CCC(C(O)CC3c4ccccc4-c4cncn43)(CC1)CC2. The molecular weight excluding hydrogens is 428 g/mol. The van der Waals surface area contributed by atoms with Crippen LogP contribution in [0.3, 0.4) is 0 Å². The standard InChI is InChI=1S/C28H30N2O4/c31-20-7-5-19(6-8-20)17-34-26(33)28-12-9-27(10-13-28,11-14-28)25(32)15-23-21-3-1-2-4-22(21)24-16-29-18-30(23)24/h1-8,16,18,23,25,31-32H,9-15,17H2. The predicted molar refractivity (Wildman–Crippen MR) is 127 cm³/mol. The molecule has 2 aromatic carbocycles. The second-order valence-corrected chi connectivity index (χ2v) is 10.4. The van der Waals surface area contributed by atoms with Crippen LogP contribution in [-0.2, 0) is 16.1 Å². The molecule has 0 radical (unpaired) electrons. The van der Waals surface area contributed by atoms with Gasteiger partial charge in [-0.2, -0.15) is 0 Å². The number of imidazole rings is 1. The van der Waals surface area contributed by atoms with E-state index in [0.29, 0.717) is 6.42 Å². The summed E-state index contributed by atoms with van der Waals surface area (Å²) >= 11 is 0. The summed E-state index contributed by atoms with van der Waals surface area (Å²) in [6, 6.07) is 15.3. The smallest absolute Gasteiger partial charge is 0.312 e. The maximum absolute atomic E-state index is 13.1. The topological polar surface area (TPSA) is 84.6 Å². The minimum atomic E-state index is -0.426. The van der Waals surface area contributed by atoms with Crippen molar-refractivity contribution < 1.29 is 19.7 Å². The van der Waals surface area contributed by atoms with Gasteiger partial charge in [-0.3, -0.25) is 4.79 Å². The Labute approximate surface area is 199 Å². The third-order valence-electron chi connectivity index (χ3n) is 8.79. The summed E-state index contributed by atoms with van der Waals surface area (Å²) in [6.45, 7) is 0.225. The molecular formula is C28H30N2O4. The van der Waals surface area contributed by atoms with Gasteiger partial charge in [0.05, 0.1) is 35.8 Å². The normalized spacial score (nSPS) is 27.7. The van der Waals surface area contributed by atoms with Gasteiger partial charge in [-0.15, -0.1) is 0 Å². The van der Waals surface area contributed by atoms with Crippen LogP contribution in [0.25, 0.3) is 11.3 Å². The highest BCUT2D eigenvalue weighted by Crippen LogP contribution is 2.60. The van der Waals surface area contributed by atoms with E-state index in [2.05, 4.69) is 33.8 Å². The van der Waals surface area contributed by atoms with Gasteiger partial charge < -0.3 is 19.5 Å². The van der Waals surface area contributed by atoms with Crippen LogP contribution in [0.2, 0.25) is 0 Å². The van der Waals surface area contributed by atoms with Crippen molar-refractivity contribution in [1.82, 2.24) is 9.55 Å². The van der Waals surface area contributed by atoms with E-state index < -0.39 is 11.5 Å². The Morgan fingerprint density at radius 2 is 1.76 bits per heavy atom. The molecule has 0 amide bonds. The average molecular weight is 459 g/mol. The van der Waals surface area contributed by atoms with Crippen molar-refractivity contribution in [2.75, 3.05) is 0 Å². The third kappa shape index (κ3) is 3.35. The number of aromatic hydroxyl groups is 1. The molecule has 7 rings (SSSR count). The number of hydrogen-bond acceptors (Lipinski definition) is 5. The maximum Gasteiger partial charge on any atom is 0.312 e. The lowest BCUT2D eigenvalue weighted by Crippen LogP contribution is -2.51. The number of aromatic nitrogens is 2. The fourth-order valence-electron chi connectivity index (χ4n) is 6.55. The number of aliphatic hydroxyl groups is 1. The van der Waals surface area contributed by atoms with Gasteiger partial charge >= 0.3 is 5.97 Å². The van der Waals surface area contributed by atoms with Gasteiger partial charge in [-0.05, 0) is 73.6 Å². The highest BCUT2D eigenvalue weighted by atomic mass is 16.5. The molecule has 3 aromatic rings. The van der Waals surface area contributed by atoms with Gasteiger partial charge in [0.15, 0.2) is 0 Å². The molecule has 0 spiro atoms. The number of phenolic OH excluding ortho intramolecular Hbond substituents is 1. The molecule has 6 nitrogen and oxygen atoms in total. The van der Waals surface area contributed by atoms with Crippen LogP contribution in [0.1, 0.15) is 62.1 Å². The lowest BCUT2D eigenvalue weighted by Gasteiger charge is -2.54. The van der Waals surface area contributed by atoms with E-state index in [9.17, 15) is 15.0 Å². The lowest BCUT2D eigenvalue weighted by atomic mass is 9.51. The summed E-state index contributed by atoms with van der Waals surface area (Å²) in [6.07, 6.45) is 8.91. The Bertz CT molecular complexity index is 1190. The zero-order valence-corrected chi connectivity index (χ0v) is 19.2. The Morgan fingerprint density at radius 3 is 2.50 bits per heavy atom. The van der Waals surface area contributed by atoms with Gasteiger partial charge in [-0.1, -0.05) is 36.4 Å². The number of fused-ring (bicyclic) bond motifs is 6. The van der Waals surface area contributed by atoms with E-state index in [4.69, 9.17) is 4.74 Å². The van der Waals surface area contributed by atoms with E-state index in [1.807, 2.05) is 12.5 Å². The number of carbonyl (C=O) groups is 1. The fraction of sp³-hybridized carbons (Fsp3) is 0.429. The molecule has 0 saturated heterocycles. The van der Waals surface area contributed by atoms with Crippen molar-refractivity contribution in [1.29, 1.82) is 0 Å². The number of phenols is 1. The molecule has 2 heterocycles. The highest BCUT2D eigenvalue weighted by Gasteiger charge is 2.56. The van der Waals surface area contributed by atoms with Crippen molar-refractivity contribution in [2.45, 2.75) is 63.7 Å². The minimum absolute atomic E-state index is 0.0990. The molecule has 4 aliphatic rings. The Hall–Kier alpha value is -3.12. The zero-order chi connectivity index (χ0) is 23.3. The van der Waals surface area contributed by atoms with Crippen LogP contribution in [0.15, 0.2) is 61.1 Å². The molecule has 34 heavy (non-hydrogen) atoms. The predicted octanol–water partition coefficient (Wildman–Crippen LogP) is 4.99. The molecule has 2 atom stereocenters. The average Bonchev–Trinajstić information content (AvgIpc) is 3.47. The van der Waals surface area contributed by atoms with Crippen LogP contribution < -0.4 is 0 Å². The number of carbonyl (C=O) groups excluding carboxylic acids is 1. The lowest BCUT2D eigenvalue weighted by molar-refractivity contribution is -0.173. The number of benzene rings is 2. The summed E-state index contributed by atoms with van der Waals surface area (Å²) < 4.78 is 7.90. The number of aliphatic hydroxyl groups excluding tert-OH is 1. The second kappa shape index (κ2) is 7.98. The number of hydrogen-bond donors (Lipinski definition) is 2. The summed E-state index contributed by atoms with van der Waals surface area (Å²) in [5.74, 6) is 0.0876. The summed E-state index contributed by atoms with van der Waals surface area (Å²) in [7, 11) is 0. The van der Waals surface area contributed by atoms with E-state index >= 15 is 0 Å². The molecule has 3 fully saturated rings. The minimum Gasteiger partial charge on any atom is -0.508 e. The largest absolute Gasteiger partial charge is 0.508 e. The van der Waals surface area contributed by atoms with Crippen LogP contribution in [0, 0.1) is 10.8 Å². The molecule has 2 bridgehead atoms. The third-order valence-corrected chi connectivity index (χ3v) is 8.79. The van der Waals surface area contributed by atoms with Crippen molar-refractivity contribution >= 4 is 5.97 Å². The molecule has 6 heteroatoms. The number of rotatable bonds is 6. The fourth-order valence-corrected chi connectivity index (χ4v) is 6.55. The second-order valence-electron chi connectivity index (χ2n) is 10.4. The Morgan fingerprint density at radius 1 is 1.06 bits per heavy atom. The molecule has 2 N–H and O–H groups in total. The first-order valence-corrected chi connectivity index (χ1v) is 12.2. The van der Waals surface area contributed by atoms with Crippen molar-refractivity contribution in [3.05, 3.63) is 72.2 Å². The van der Waals surface area contributed by atoms with E-state index in [-0.39, 0.29) is 29.8 Å². The number of nitrogens with zero attached hydrogens (tertiary/aromatic N) is 2. The first-order chi connectivity index (χ1) is 16.5. The van der Waals surface area contributed by atoms with Crippen LogP contribution >= 0.6 is 0 Å². The summed E-state index contributed by atoms with van der Waals surface area (Å²) in [5, 5.41) is 21.0. The molecule has 3 aliphatic carbocycles. The Balaban J connectivity index is 1.12. The molecule has 1 aromatic heterocycles. The summed E-state index contributed by atoms with van der Waals surface area (Å²) in [4.78, 5) is 17.4. The van der Waals surface area contributed by atoms with Crippen molar-refractivity contribution in [3.63, 3.8) is 0 Å². The van der Waals surface area contributed by atoms with Gasteiger partial charge in [0.25, 0.3) is 0 Å². The summed E-state index contributed by atoms with van der Waals surface area (Å²) in [5.41, 5.74) is 3.90. The zero-order valence-electron chi connectivity index (χ0n) is 19.2. The van der Waals surface area contributed by atoms with Crippen molar-refractivity contribution in [2.24, 2.45) is 10.8 Å². The Kier molecular flexibility index (Phi) is 5.03. The number of esters is 1. The van der Waals surface area contributed by atoms with Gasteiger partial charge in [0.1, 0.15) is 12.4 Å². The van der Waals surface area contributed by atoms with Gasteiger partial charge in [-0.25, -0.2) is 4.98 Å². The van der Waals surface area contributed by atoms with E-state index in [1.165, 1.54) is 11.1 Å². The van der Waals surface area contributed by atoms with Crippen LogP contribution in [-0.4, -0.2) is 31.8 Å². The maximum atomic E-state index is 13.1. The molecule has 1 aliphatic heterocycles. The van der Waals surface area contributed by atoms with E-state index in [0.717, 1.165) is 49.8 Å². The highest BCUT2D eigenvalue weighted by molar-refractivity contribution is 5.77. The van der Waals surface area contributed by atoms with Crippen LogP contribution in [0.4, 0.5) is 0 Å². The first kappa shape index (κ1) is 21.4. The quantitative estimate of drug-likeness (QED) is 0.508.